The van der Waals surface area contributed by atoms with Gasteiger partial charge < -0.3 is 14.4 Å². The van der Waals surface area contributed by atoms with Crippen LogP contribution in [0.4, 0.5) is 4.39 Å². The van der Waals surface area contributed by atoms with Crippen LogP contribution in [0.15, 0.2) is 41.2 Å². The van der Waals surface area contributed by atoms with Gasteiger partial charge in [-0.2, -0.15) is 0 Å². The molecule has 4 aliphatic rings. The highest BCUT2D eigenvalue weighted by atomic mass is 35.5. The van der Waals surface area contributed by atoms with Crippen LogP contribution in [-0.2, 0) is 22.6 Å². The molecular formula is C30H29Cl2FN2O4. The number of nitrogens with zero attached hydrogens (tertiary/aromatic N) is 2. The lowest BCUT2D eigenvalue weighted by Gasteiger charge is -2.52. The van der Waals surface area contributed by atoms with Gasteiger partial charge in [0.1, 0.15) is 17.3 Å². The standard InChI is InChI=1S/C30H29Cl2FN2O4/c31-22-15-34-16-23(32)26(22)27-21(28(39-35-27)19-3-4-19)17-38-30-10-7-29(8-11-30,9-12-30)6-5-18-1-2-20(14-25(36)37)24(33)13-18/h1-2,5-6,13,15-16,19H,3-4,7-12,14,17H2,(H,36,37)/b6-5+. The third kappa shape index (κ3) is 5.37. The van der Waals surface area contributed by atoms with E-state index in [0.717, 1.165) is 68.3 Å². The van der Waals surface area contributed by atoms with E-state index in [-0.39, 0.29) is 23.0 Å². The van der Waals surface area contributed by atoms with Crippen LogP contribution in [0.25, 0.3) is 17.3 Å². The maximum atomic E-state index is 14.3. The lowest BCUT2D eigenvalue weighted by atomic mass is 9.58. The molecule has 0 radical (unpaired) electrons. The van der Waals surface area contributed by atoms with Gasteiger partial charge in [0.25, 0.3) is 0 Å². The zero-order chi connectivity index (χ0) is 27.2. The topological polar surface area (TPSA) is 85.5 Å². The van der Waals surface area contributed by atoms with Crippen molar-refractivity contribution >= 4 is 35.2 Å². The van der Waals surface area contributed by atoms with E-state index in [1.807, 2.05) is 6.08 Å². The molecule has 0 atom stereocenters. The molecule has 7 rings (SSSR count). The van der Waals surface area contributed by atoms with E-state index in [1.54, 1.807) is 24.5 Å². The van der Waals surface area contributed by atoms with Crippen LogP contribution >= 0.6 is 23.2 Å². The molecule has 1 N–H and O–H groups in total. The number of carboxylic acids is 1. The van der Waals surface area contributed by atoms with E-state index >= 15 is 0 Å². The number of hydrogen-bond acceptors (Lipinski definition) is 5. The normalized spacial score (nSPS) is 24.5. The average Bonchev–Trinajstić information content (AvgIpc) is 3.69. The number of benzene rings is 1. The first kappa shape index (κ1) is 26.5. The molecule has 4 saturated carbocycles. The SMILES string of the molecule is O=C(O)Cc1ccc(/C=C/C23CCC(OCc4c(-c5c(Cl)cncc5Cl)noc4C4CC4)(CC2)CC3)cc1F. The number of aliphatic carboxylic acids is 1. The number of aromatic nitrogens is 2. The van der Waals surface area contributed by atoms with Crippen molar-refractivity contribution in [2.75, 3.05) is 0 Å². The molecule has 0 amide bonds. The molecule has 4 aliphatic carbocycles. The summed E-state index contributed by atoms with van der Waals surface area (Å²) in [6.07, 6.45) is 15.0. The van der Waals surface area contributed by atoms with Crippen molar-refractivity contribution in [3.8, 4) is 11.3 Å². The maximum Gasteiger partial charge on any atom is 0.307 e. The third-order valence-electron chi connectivity index (χ3n) is 8.66. The summed E-state index contributed by atoms with van der Waals surface area (Å²) in [5, 5.41) is 14.2. The van der Waals surface area contributed by atoms with Crippen LogP contribution < -0.4 is 0 Å². The van der Waals surface area contributed by atoms with Crippen LogP contribution in [0.3, 0.4) is 0 Å². The van der Waals surface area contributed by atoms with E-state index < -0.39 is 11.8 Å². The molecule has 204 valence electrons. The molecule has 0 unspecified atom stereocenters. The van der Waals surface area contributed by atoms with E-state index in [2.05, 4.69) is 16.2 Å². The Bertz CT molecular complexity index is 1400. The van der Waals surface area contributed by atoms with Gasteiger partial charge >= 0.3 is 5.97 Å². The molecule has 4 fully saturated rings. The Morgan fingerprint density at radius 1 is 1.13 bits per heavy atom. The second kappa shape index (κ2) is 10.3. The fourth-order valence-electron chi connectivity index (χ4n) is 6.08. The van der Waals surface area contributed by atoms with Gasteiger partial charge in [-0.1, -0.05) is 52.6 Å². The van der Waals surface area contributed by atoms with E-state index in [9.17, 15) is 9.18 Å². The summed E-state index contributed by atoms with van der Waals surface area (Å²) in [7, 11) is 0. The minimum Gasteiger partial charge on any atom is -0.481 e. The molecule has 3 aromatic rings. The van der Waals surface area contributed by atoms with Gasteiger partial charge in [0.05, 0.1) is 28.7 Å². The summed E-state index contributed by atoms with van der Waals surface area (Å²) >= 11 is 12.9. The number of fused-ring (bicyclic) bond motifs is 3. The van der Waals surface area contributed by atoms with Gasteiger partial charge in [0.2, 0.25) is 0 Å². The minimum absolute atomic E-state index is 0.0704. The van der Waals surface area contributed by atoms with Crippen molar-refractivity contribution in [1.29, 1.82) is 0 Å². The van der Waals surface area contributed by atoms with Crippen LogP contribution in [0.1, 0.15) is 79.7 Å². The first-order valence-corrected chi connectivity index (χ1v) is 14.1. The molecule has 2 aromatic heterocycles. The Morgan fingerprint density at radius 3 is 2.44 bits per heavy atom. The zero-order valence-electron chi connectivity index (χ0n) is 21.4. The van der Waals surface area contributed by atoms with Crippen molar-refractivity contribution in [3.63, 3.8) is 0 Å². The Kier molecular flexibility index (Phi) is 7.02. The zero-order valence-corrected chi connectivity index (χ0v) is 22.9. The highest BCUT2D eigenvalue weighted by Crippen LogP contribution is 2.55. The largest absolute Gasteiger partial charge is 0.481 e. The summed E-state index contributed by atoms with van der Waals surface area (Å²) in [6, 6.07) is 4.76. The van der Waals surface area contributed by atoms with Gasteiger partial charge in [0.15, 0.2) is 0 Å². The number of rotatable bonds is 9. The lowest BCUT2D eigenvalue weighted by Crippen LogP contribution is -2.46. The Balaban J connectivity index is 1.15. The molecule has 2 bridgehead atoms. The lowest BCUT2D eigenvalue weighted by molar-refractivity contribution is -0.136. The van der Waals surface area contributed by atoms with Crippen LogP contribution in [0.2, 0.25) is 10.0 Å². The van der Waals surface area contributed by atoms with Gasteiger partial charge in [-0.05, 0) is 74.0 Å². The van der Waals surface area contributed by atoms with Crippen molar-refractivity contribution < 1.29 is 23.6 Å². The Labute approximate surface area is 236 Å². The molecule has 0 aliphatic heterocycles. The number of carboxylic acid groups (broad SMARTS) is 1. The second-order valence-electron chi connectivity index (χ2n) is 11.2. The van der Waals surface area contributed by atoms with Crippen molar-refractivity contribution in [3.05, 3.63) is 75.0 Å². The summed E-state index contributed by atoms with van der Waals surface area (Å²) in [6.45, 7) is 0.393. The number of hydrogen-bond donors (Lipinski definition) is 1. The van der Waals surface area contributed by atoms with E-state index in [0.29, 0.717) is 33.8 Å². The highest BCUT2D eigenvalue weighted by Gasteiger charge is 2.48. The average molecular weight is 571 g/mol. The summed E-state index contributed by atoms with van der Waals surface area (Å²) in [4.78, 5) is 15.0. The van der Waals surface area contributed by atoms with Crippen molar-refractivity contribution in [2.24, 2.45) is 5.41 Å². The summed E-state index contributed by atoms with van der Waals surface area (Å²) < 4.78 is 26.8. The predicted octanol–water partition coefficient (Wildman–Crippen LogP) is 8.01. The minimum atomic E-state index is -1.04. The highest BCUT2D eigenvalue weighted by molar-refractivity contribution is 6.38. The van der Waals surface area contributed by atoms with E-state index in [1.165, 1.54) is 6.07 Å². The fraction of sp³-hybridized carbons (Fsp3) is 0.433. The first-order valence-electron chi connectivity index (χ1n) is 13.4. The van der Waals surface area contributed by atoms with Gasteiger partial charge in [-0.25, -0.2) is 4.39 Å². The predicted molar refractivity (Wildman–Crippen MR) is 146 cm³/mol. The first-order chi connectivity index (χ1) is 18.8. The molecule has 1 aromatic carbocycles. The number of carbonyl (C=O) groups is 1. The van der Waals surface area contributed by atoms with E-state index in [4.69, 9.17) is 37.6 Å². The van der Waals surface area contributed by atoms with Gasteiger partial charge in [-0.3, -0.25) is 9.78 Å². The molecule has 39 heavy (non-hydrogen) atoms. The van der Waals surface area contributed by atoms with Gasteiger partial charge in [-0.15, -0.1) is 0 Å². The van der Waals surface area contributed by atoms with Crippen molar-refractivity contribution in [1.82, 2.24) is 10.1 Å². The smallest absolute Gasteiger partial charge is 0.307 e. The monoisotopic (exact) mass is 570 g/mol. The summed E-state index contributed by atoms with van der Waals surface area (Å²) in [5.74, 6) is -0.291. The van der Waals surface area contributed by atoms with Crippen molar-refractivity contribution in [2.45, 2.75) is 75.9 Å². The molecule has 0 spiro atoms. The third-order valence-corrected chi connectivity index (χ3v) is 9.24. The molecule has 6 nitrogen and oxygen atoms in total. The number of ether oxygens (including phenoxy) is 1. The van der Waals surface area contributed by atoms with Crippen LogP contribution in [-0.4, -0.2) is 26.8 Å². The molecular weight excluding hydrogens is 542 g/mol. The van der Waals surface area contributed by atoms with Crippen LogP contribution in [0, 0.1) is 11.2 Å². The molecule has 2 heterocycles. The molecule has 9 heteroatoms. The Hall–Kier alpha value is -2.74. The van der Waals surface area contributed by atoms with Gasteiger partial charge in [0, 0.05) is 29.4 Å². The number of allylic oxidation sites excluding steroid dienone is 1. The fourth-order valence-corrected chi connectivity index (χ4v) is 6.62. The quantitative estimate of drug-likeness (QED) is 0.280. The Morgan fingerprint density at radius 2 is 1.82 bits per heavy atom. The maximum absolute atomic E-state index is 14.3. The number of halogens is 3. The number of pyridine rings is 1. The summed E-state index contributed by atoms with van der Waals surface area (Å²) in [5.41, 5.74) is 3.01. The van der Waals surface area contributed by atoms with Crippen LogP contribution in [0.5, 0.6) is 0 Å². The second-order valence-corrected chi connectivity index (χ2v) is 12.0. The molecule has 0 saturated heterocycles.